The molecule has 0 radical (unpaired) electrons. The van der Waals surface area contributed by atoms with Crippen molar-refractivity contribution in [2.75, 3.05) is 5.32 Å². The number of carboxylic acid groups (broad SMARTS) is 1. The quantitative estimate of drug-likeness (QED) is 0.637. The van der Waals surface area contributed by atoms with Crippen LogP contribution in [0.25, 0.3) is 0 Å². The lowest BCUT2D eigenvalue weighted by Crippen LogP contribution is -2.49. The van der Waals surface area contributed by atoms with Gasteiger partial charge in [-0.3, -0.25) is 0 Å². The Bertz CT molecular complexity index is 516. The molecule has 0 heterocycles. The monoisotopic (exact) mass is 324 g/mol. The summed E-state index contributed by atoms with van der Waals surface area (Å²) in [4.78, 5) is 22.4. The number of benzene rings is 1. The smallest absolute Gasteiger partial charge is 0.328 e. The zero-order chi connectivity index (χ0) is 15.4. The third kappa shape index (κ3) is 4.22. The predicted octanol–water partition coefficient (Wildman–Crippen LogP) is 2.09. The van der Waals surface area contributed by atoms with Crippen LogP contribution in [0.4, 0.5) is 14.9 Å². The van der Waals surface area contributed by atoms with Gasteiger partial charge in [-0.15, -0.1) is 0 Å². The Labute approximate surface area is 123 Å². The van der Waals surface area contributed by atoms with Crippen LogP contribution in [0.5, 0.6) is 0 Å². The topological polar surface area (TPSA) is 98.7 Å². The van der Waals surface area contributed by atoms with Gasteiger partial charge < -0.3 is 20.8 Å². The Morgan fingerprint density at radius 3 is 2.20 bits per heavy atom. The number of hydrogen-bond donors (Lipinski definition) is 4. The van der Waals surface area contributed by atoms with E-state index in [4.69, 9.17) is 28.3 Å². The van der Waals surface area contributed by atoms with Gasteiger partial charge in [0.05, 0.1) is 16.1 Å². The molecule has 0 bridgehead atoms. The average Bonchev–Trinajstić information content (AvgIpc) is 2.32. The molecule has 4 N–H and O–H groups in total. The molecule has 2 atom stereocenters. The van der Waals surface area contributed by atoms with Crippen LogP contribution in [-0.4, -0.2) is 34.4 Å². The van der Waals surface area contributed by atoms with E-state index >= 15 is 0 Å². The van der Waals surface area contributed by atoms with Gasteiger partial charge in [0, 0.05) is 5.69 Å². The molecule has 0 saturated heterocycles. The number of hydrogen-bond acceptors (Lipinski definition) is 3. The first-order valence-corrected chi connectivity index (χ1v) is 6.11. The highest BCUT2D eigenvalue weighted by Crippen LogP contribution is 2.27. The van der Waals surface area contributed by atoms with Gasteiger partial charge in [-0.25, -0.2) is 14.0 Å². The lowest BCUT2D eigenvalue weighted by atomic mass is 10.2. The van der Waals surface area contributed by atoms with Crippen LogP contribution in [0, 0.1) is 5.82 Å². The molecule has 0 spiro atoms. The molecule has 0 unspecified atom stereocenters. The molecule has 6 nitrogen and oxygen atoms in total. The number of nitrogens with one attached hydrogen (secondary N) is 2. The number of rotatable bonds is 4. The van der Waals surface area contributed by atoms with Gasteiger partial charge in [0.25, 0.3) is 0 Å². The molecule has 110 valence electrons. The summed E-state index contributed by atoms with van der Waals surface area (Å²) < 4.78 is 13.2. The van der Waals surface area contributed by atoms with Crippen LogP contribution in [-0.2, 0) is 4.79 Å². The van der Waals surface area contributed by atoms with E-state index in [1.807, 2.05) is 5.32 Å². The number of carbonyl (C=O) groups is 2. The molecule has 1 aromatic rings. The number of aliphatic hydroxyl groups is 1. The number of aliphatic hydroxyl groups excluding tert-OH is 1. The Morgan fingerprint density at radius 1 is 1.30 bits per heavy atom. The van der Waals surface area contributed by atoms with E-state index in [1.165, 1.54) is 6.92 Å². The van der Waals surface area contributed by atoms with Crippen molar-refractivity contribution in [1.82, 2.24) is 5.32 Å². The van der Waals surface area contributed by atoms with Gasteiger partial charge in [0.1, 0.15) is 0 Å². The van der Waals surface area contributed by atoms with E-state index < -0.39 is 30.0 Å². The zero-order valence-electron chi connectivity index (χ0n) is 10.2. The molecule has 0 aliphatic heterocycles. The lowest BCUT2D eigenvalue weighted by molar-refractivity contribution is -0.141. The van der Waals surface area contributed by atoms with Crippen molar-refractivity contribution in [3.63, 3.8) is 0 Å². The van der Waals surface area contributed by atoms with Crippen LogP contribution in [0.2, 0.25) is 10.0 Å². The van der Waals surface area contributed by atoms with Gasteiger partial charge in [-0.2, -0.15) is 0 Å². The minimum absolute atomic E-state index is 0.0774. The van der Waals surface area contributed by atoms with E-state index in [-0.39, 0.29) is 15.7 Å². The van der Waals surface area contributed by atoms with Crippen LogP contribution >= 0.6 is 23.2 Å². The van der Waals surface area contributed by atoms with E-state index in [9.17, 15) is 19.1 Å². The van der Waals surface area contributed by atoms with E-state index in [1.54, 1.807) is 0 Å². The third-order valence-corrected chi connectivity index (χ3v) is 2.83. The molecule has 1 rings (SSSR count). The Hall–Kier alpha value is -1.57. The number of anilines is 1. The maximum absolute atomic E-state index is 13.2. The summed E-state index contributed by atoms with van der Waals surface area (Å²) in [5.41, 5.74) is 0.0774. The number of carboxylic acids is 1. The Kier molecular flexibility index (Phi) is 5.55. The second kappa shape index (κ2) is 6.74. The predicted molar refractivity (Wildman–Crippen MR) is 71.7 cm³/mol. The molecule has 0 aliphatic rings. The second-order valence-electron chi connectivity index (χ2n) is 3.91. The molecule has 0 saturated carbocycles. The molecule has 0 aliphatic carbocycles. The third-order valence-electron chi connectivity index (χ3n) is 2.28. The largest absolute Gasteiger partial charge is 0.480 e. The lowest BCUT2D eigenvalue weighted by Gasteiger charge is -2.17. The highest BCUT2D eigenvalue weighted by molar-refractivity contribution is 6.35. The van der Waals surface area contributed by atoms with E-state index in [2.05, 4.69) is 5.32 Å². The summed E-state index contributed by atoms with van der Waals surface area (Å²) >= 11 is 11.1. The molecule has 1 aromatic carbocycles. The summed E-state index contributed by atoms with van der Waals surface area (Å²) in [7, 11) is 0. The van der Waals surface area contributed by atoms with E-state index in [0.29, 0.717) is 0 Å². The molecule has 9 heteroatoms. The van der Waals surface area contributed by atoms with Gasteiger partial charge in [0.15, 0.2) is 11.9 Å². The van der Waals surface area contributed by atoms with Crippen molar-refractivity contribution in [3.8, 4) is 0 Å². The Morgan fingerprint density at radius 2 is 1.80 bits per heavy atom. The van der Waals surface area contributed by atoms with E-state index in [0.717, 1.165) is 12.1 Å². The minimum Gasteiger partial charge on any atom is -0.480 e. The molecular weight excluding hydrogens is 314 g/mol. The molecule has 2 amide bonds. The molecule has 0 aromatic heterocycles. The van der Waals surface area contributed by atoms with Crippen molar-refractivity contribution in [2.45, 2.75) is 19.1 Å². The molecular formula is C11H11Cl2FN2O4. The summed E-state index contributed by atoms with van der Waals surface area (Å²) in [6.07, 6.45) is -1.29. The van der Waals surface area contributed by atoms with Crippen LogP contribution in [0.15, 0.2) is 12.1 Å². The fourth-order valence-corrected chi connectivity index (χ4v) is 1.81. The summed E-state index contributed by atoms with van der Waals surface area (Å²) in [6, 6.07) is -0.167. The molecule has 0 fully saturated rings. The fourth-order valence-electron chi connectivity index (χ4n) is 1.32. The van der Waals surface area contributed by atoms with Crippen molar-refractivity contribution in [2.24, 2.45) is 0 Å². The number of urea groups is 1. The average molecular weight is 325 g/mol. The van der Waals surface area contributed by atoms with Gasteiger partial charge >= 0.3 is 12.0 Å². The van der Waals surface area contributed by atoms with Crippen LogP contribution in [0.3, 0.4) is 0 Å². The second-order valence-corrected chi connectivity index (χ2v) is 4.72. The SMILES string of the molecule is C[C@@H](O)[C@H](NC(=O)Nc1cc(Cl)c(F)c(Cl)c1)C(=O)O. The van der Waals surface area contributed by atoms with Crippen molar-refractivity contribution in [1.29, 1.82) is 0 Å². The van der Waals surface area contributed by atoms with Crippen molar-refractivity contribution >= 4 is 40.9 Å². The van der Waals surface area contributed by atoms with Gasteiger partial charge in [-0.05, 0) is 19.1 Å². The fraction of sp³-hybridized carbons (Fsp3) is 0.273. The zero-order valence-corrected chi connectivity index (χ0v) is 11.7. The Balaban J connectivity index is 2.78. The molecule has 20 heavy (non-hydrogen) atoms. The number of halogens is 3. The van der Waals surface area contributed by atoms with Crippen molar-refractivity contribution < 1.29 is 24.2 Å². The summed E-state index contributed by atoms with van der Waals surface area (Å²) in [6.45, 7) is 1.21. The first-order valence-electron chi connectivity index (χ1n) is 5.35. The number of aliphatic carboxylic acids is 1. The first-order chi connectivity index (χ1) is 9.22. The summed E-state index contributed by atoms with van der Waals surface area (Å²) in [5, 5.41) is 21.7. The number of carbonyl (C=O) groups excluding carboxylic acids is 1. The van der Waals surface area contributed by atoms with Crippen LogP contribution < -0.4 is 10.6 Å². The standard InChI is InChI=1S/C11H11Cl2FN2O4/c1-4(17)9(10(18)19)16-11(20)15-5-2-6(12)8(14)7(13)3-5/h2-4,9,17H,1H3,(H,18,19)(H2,15,16,20)/t4-,9+/m1/s1. The van der Waals surface area contributed by atoms with Crippen molar-refractivity contribution in [3.05, 3.63) is 28.0 Å². The summed E-state index contributed by atoms with van der Waals surface area (Å²) in [5.74, 6) is -2.22. The number of amides is 2. The minimum atomic E-state index is -1.48. The maximum Gasteiger partial charge on any atom is 0.328 e. The normalized spacial score (nSPS) is 13.4. The highest BCUT2D eigenvalue weighted by Gasteiger charge is 2.25. The maximum atomic E-state index is 13.2. The first kappa shape index (κ1) is 16.5. The van der Waals surface area contributed by atoms with Gasteiger partial charge in [0.2, 0.25) is 0 Å². The highest BCUT2D eigenvalue weighted by atomic mass is 35.5. The van der Waals surface area contributed by atoms with Crippen LogP contribution in [0.1, 0.15) is 6.92 Å². The van der Waals surface area contributed by atoms with Gasteiger partial charge in [-0.1, -0.05) is 23.2 Å².